The van der Waals surface area contributed by atoms with Crippen LogP contribution < -0.4 is 16.8 Å². The molecule has 0 aromatic carbocycles. The number of carbonyl (C=O) groups is 1. The highest BCUT2D eigenvalue weighted by Gasteiger charge is 2.36. The van der Waals surface area contributed by atoms with Gasteiger partial charge in [0.2, 0.25) is 5.91 Å². The summed E-state index contributed by atoms with van der Waals surface area (Å²) in [6.45, 7) is -0.152. The Morgan fingerprint density at radius 1 is 1.60 bits per heavy atom. The molecule has 1 rings (SSSR count). The molecular formula is C5H11N3O2. The van der Waals surface area contributed by atoms with Crippen LogP contribution in [-0.2, 0) is 4.79 Å². The second kappa shape index (κ2) is 2.53. The molecule has 6 N–H and O–H groups in total. The first kappa shape index (κ1) is 7.46. The van der Waals surface area contributed by atoms with Crippen LogP contribution in [0.2, 0.25) is 0 Å². The lowest BCUT2D eigenvalue weighted by Crippen LogP contribution is -2.46. The normalized spacial score (nSPS) is 39.9. The van der Waals surface area contributed by atoms with Gasteiger partial charge in [0.1, 0.15) is 6.04 Å². The Kier molecular flexibility index (Phi) is 1.89. The van der Waals surface area contributed by atoms with Gasteiger partial charge in [0.25, 0.3) is 0 Å². The van der Waals surface area contributed by atoms with Crippen molar-refractivity contribution >= 4 is 5.91 Å². The van der Waals surface area contributed by atoms with Crippen molar-refractivity contribution in [3.8, 4) is 0 Å². The van der Waals surface area contributed by atoms with Crippen molar-refractivity contribution in [2.24, 2.45) is 11.5 Å². The highest BCUT2D eigenvalue weighted by Crippen LogP contribution is 2.03. The van der Waals surface area contributed by atoms with Crippen LogP contribution in [0.25, 0.3) is 0 Å². The van der Waals surface area contributed by atoms with Crippen molar-refractivity contribution in [2.45, 2.75) is 18.1 Å². The molecule has 5 nitrogen and oxygen atoms in total. The van der Waals surface area contributed by atoms with Crippen LogP contribution >= 0.6 is 0 Å². The fraction of sp³-hybridized carbons (Fsp3) is 0.800. The average Bonchev–Trinajstić information content (AvgIpc) is 2.17. The zero-order valence-electron chi connectivity index (χ0n) is 5.45. The number of carbonyl (C=O) groups excluding carboxylic acids is 1. The lowest BCUT2D eigenvalue weighted by Gasteiger charge is -2.11. The number of aliphatic hydroxyl groups is 1. The van der Waals surface area contributed by atoms with Crippen molar-refractivity contribution < 1.29 is 9.90 Å². The van der Waals surface area contributed by atoms with Gasteiger partial charge in [0, 0.05) is 0 Å². The van der Waals surface area contributed by atoms with Gasteiger partial charge in [-0.3, -0.25) is 4.79 Å². The summed E-state index contributed by atoms with van der Waals surface area (Å²) in [5.74, 6) is -0.286. The van der Waals surface area contributed by atoms with Crippen LogP contribution in [0.1, 0.15) is 0 Å². The fourth-order valence-corrected chi connectivity index (χ4v) is 0.968. The monoisotopic (exact) mass is 145 g/mol. The topological polar surface area (TPSA) is 101 Å². The van der Waals surface area contributed by atoms with E-state index in [9.17, 15) is 4.79 Å². The maximum atomic E-state index is 10.7. The molecule has 0 aromatic rings. The number of nitrogens with two attached hydrogens (primary N) is 2. The number of hydrogen-bond donors (Lipinski definition) is 4. The second-order valence-corrected chi connectivity index (χ2v) is 2.40. The zero-order chi connectivity index (χ0) is 7.72. The van der Waals surface area contributed by atoms with Gasteiger partial charge >= 0.3 is 0 Å². The lowest BCUT2D eigenvalue weighted by atomic mass is 10.1. The molecule has 0 unspecified atom stereocenters. The first-order valence-corrected chi connectivity index (χ1v) is 3.09. The molecule has 1 heterocycles. The van der Waals surface area contributed by atoms with Crippen molar-refractivity contribution in [1.29, 1.82) is 0 Å². The van der Waals surface area contributed by atoms with E-state index in [0.717, 1.165) is 0 Å². The molecule has 0 aliphatic carbocycles. The van der Waals surface area contributed by atoms with E-state index in [1.54, 1.807) is 0 Å². The summed E-state index contributed by atoms with van der Waals surface area (Å²) in [6.07, 6.45) is 0. The summed E-state index contributed by atoms with van der Waals surface area (Å²) in [5.41, 5.74) is 10.8. The fourth-order valence-electron chi connectivity index (χ4n) is 0.968. The predicted molar refractivity (Wildman–Crippen MR) is 35.0 cm³/mol. The third-order valence-electron chi connectivity index (χ3n) is 1.71. The number of aliphatic hydroxyl groups excluding tert-OH is 1. The summed E-state index contributed by atoms with van der Waals surface area (Å²) < 4.78 is 0. The van der Waals surface area contributed by atoms with E-state index in [0.29, 0.717) is 0 Å². The molecule has 0 aromatic heterocycles. The molecule has 1 aliphatic rings. The second-order valence-electron chi connectivity index (χ2n) is 2.40. The largest absolute Gasteiger partial charge is 0.394 e. The zero-order valence-corrected chi connectivity index (χ0v) is 5.45. The van der Waals surface area contributed by atoms with Crippen molar-refractivity contribution in [3.63, 3.8) is 0 Å². The number of amides is 1. The van der Waals surface area contributed by atoms with Crippen molar-refractivity contribution in [3.05, 3.63) is 0 Å². The number of rotatable bonds is 1. The molecule has 58 valence electrons. The summed E-state index contributed by atoms with van der Waals surface area (Å²) in [6, 6.07) is -1.50. The maximum absolute atomic E-state index is 10.7. The van der Waals surface area contributed by atoms with Gasteiger partial charge < -0.3 is 21.9 Å². The molecule has 10 heavy (non-hydrogen) atoms. The smallest absolute Gasteiger partial charge is 0.238 e. The van der Waals surface area contributed by atoms with E-state index >= 15 is 0 Å². The molecule has 3 atom stereocenters. The predicted octanol–water partition coefficient (Wildman–Crippen LogP) is -2.87. The van der Waals surface area contributed by atoms with Crippen LogP contribution in [0.3, 0.4) is 0 Å². The van der Waals surface area contributed by atoms with E-state index in [2.05, 4.69) is 5.32 Å². The standard InChI is InChI=1S/C5H11N3O2/c6-3-2(1-9)8-5(10)4(3)7/h2-4,9H,1,6-7H2,(H,8,10)/t2-,3-,4+/m1/s1. The Morgan fingerprint density at radius 2 is 2.20 bits per heavy atom. The Bertz CT molecular complexity index is 150. The number of nitrogens with one attached hydrogen (secondary N) is 1. The molecule has 0 radical (unpaired) electrons. The van der Waals surface area contributed by atoms with E-state index in [-0.39, 0.29) is 18.6 Å². The SMILES string of the molecule is N[C@H]1[C@H](N)C(=O)N[C@@H]1CO. The van der Waals surface area contributed by atoms with Crippen LogP contribution in [0, 0.1) is 0 Å². The Hall–Kier alpha value is -0.650. The molecule has 0 spiro atoms. The minimum atomic E-state index is -0.669. The van der Waals surface area contributed by atoms with E-state index < -0.39 is 12.1 Å². The van der Waals surface area contributed by atoms with Gasteiger partial charge in [-0.15, -0.1) is 0 Å². The Labute approximate surface area is 58.4 Å². The molecule has 1 saturated heterocycles. The maximum Gasteiger partial charge on any atom is 0.238 e. The highest BCUT2D eigenvalue weighted by molar-refractivity contribution is 5.85. The van der Waals surface area contributed by atoms with Crippen molar-refractivity contribution in [2.75, 3.05) is 6.61 Å². The van der Waals surface area contributed by atoms with Gasteiger partial charge in [-0.2, -0.15) is 0 Å². The molecule has 1 fully saturated rings. The third kappa shape index (κ3) is 0.985. The van der Waals surface area contributed by atoms with E-state index in [4.69, 9.17) is 16.6 Å². The van der Waals surface area contributed by atoms with Gasteiger partial charge in [-0.05, 0) is 0 Å². The minimum absolute atomic E-state index is 0.152. The summed E-state index contributed by atoms with van der Waals surface area (Å²) >= 11 is 0. The summed E-state index contributed by atoms with van der Waals surface area (Å²) in [7, 11) is 0. The van der Waals surface area contributed by atoms with Gasteiger partial charge in [-0.1, -0.05) is 0 Å². The minimum Gasteiger partial charge on any atom is -0.394 e. The van der Waals surface area contributed by atoms with Gasteiger partial charge in [0.15, 0.2) is 0 Å². The summed E-state index contributed by atoms with van der Waals surface area (Å²) in [4.78, 5) is 10.7. The molecule has 0 saturated carbocycles. The van der Waals surface area contributed by atoms with Gasteiger partial charge in [-0.25, -0.2) is 0 Å². The highest BCUT2D eigenvalue weighted by atomic mass is 16.3. The van der Waals surface area contributed by atoms with Crippen LogP contribution in [-0.4, -0.2) is 35.7 Å². The van der Waals surface area contributed by atoms with Gasteiger partial charge in [0.05, 0.1) is 18.7 Å². The molecule has 0 bridgehead atoms. The van der Waals surface area contributed by atoms with Crippen molar-refractivity contribution in [1.82, 2.24) is 5.32 Å². The van der Waals surface area contributed by atoms with Crippen LogP contribution in [0.4, 0.5) is 0 Å². The van der Waals surface area contributed by atoms with Crippen LogP contribution in [0.5, 0.6) is 0 Å². The van der Waals surface area contributed by atoms with E-state index in [1.807, 2.05) is 0 Å². The molecular weight excluding hydrogens is 134 g/mol. The first-order chi connectivity index (χ1) is 4.66. The average molecular weight is 145 g/mol. The molecule has 1 amide bonds. The Balaban J connectivity index is 2.61. The summed E-state index contributed by atoms with van der Waals surface area (Å²) in [5, 5.41) is 11.1. The molecule has 5 heteroatoms. The Morgan fingerprint density at radius 3 is 2.40 bits per heavy atom. The van der Waals surface area contributed by atoms with E-state index in [1.165, 1.54) is 0 Å². The molecule has 1 aliphatic heterocycles. The lowest BCUT2D eigenvalue weighted by molar-refractivity contribution is -0.120. The third-order valence-corrected chi connectivity index (χ3v) is 1.71. The first-order valence-electron chi connectivity index (χ1n) is 3.09. The quantitative estimate of drug-likeness (QED) is 0.318. The van der Waals surface area contributed by atoms with Crippen LogP contribution in [0.15, 0.2) is 0 Å². The number of hydrogen-bond acceptors (Lipinski definition) is 4.